The quantitative estimate of drug-likeness (QED) is 0.789. The van der Waals surface area contributed by atoms with Crippen LogP contribution >= 0.6 is 0 Å². The molecule has 3 heterocycles. The number of hydrogen-bond donors (Lipinski definition) is 1. The maximum absolute atomic E-state index is 12.0. The number of para-hydroxylation sites is 1. The molecule has 2 atom stereocenters. The molecule has 122 valence electrons. The molecule has 0 saturated carbocycles. The van der Waals surface area contributed by atoms with Crippen molar-refractivity contribution in [3.8, 4) is 0 Å². The largest absolute Gasteiger partial charge is 0.377 e. The molecule has 1 aliphatic rings. The lowest BCUT2D eigenvalue weighted by Gasteiger charge is -2.20. The first kappa shape index (κ1) is 15.0. The summed E-state index contributed by atoms with van der Waals surface area (Å²) in [5.74, 6) is 0. The van der Waals surface area contributed by atoms with Crippen molar-refractivity contribution in [3.05, 3.63) is 70.8 Å². The van der Waals surface area contributed by atoms with Crippen LogP contribution in [0.25, 0.3) is 10.9 Å². The van der Waals surface area contributed by atoms with E-state index in [9.17, 15) is 4.79 Å². The lowest BCUT2D eigenvalue weighted by atomic mass is 10.1. The van der Waals surface area contributed by atoms with Crippen molar-refractivity contribution in [3.63, 3.8) is 0 Å². The Balaban J connectivity index is 1.54. The van der Waals surface area contributed by atoms with Crippen molar-refractivity contribution >= 4 is 10.9 Å². The maximum atomic E-state index is 12.0. The van der Waals surface area contributed by atoms with E-state index in [0.29, 0.717) is 19.8 Å². The molecular weight excluding hydrogens is 304 g/mol. The van der Waals surface area contributed by atoms with Crippen molar-refractivity contribution < 1.29 is 4.74 Å². The molecule has 3 aromatic rings. The third kappa shape index (κ3) is 2.81. The zero-order valence-corrected chi connectivity index (χ0v) is 13.1. The molecule has 4 rings (SSSR count). The molecule has 0 amide bonds. The number of pyridine rings is 1. The van der Waals surface area contributed by atoms with E-state index < -0.39 is 0 Å². The molecular formula is C18H18N4O2. The molecule has 1 aliphatic heterocycles. The number of fused-ring (bicyclic) bond motifs is 1. The van der Waals surface area contributed by atoms with Crippen LogP contribution in [0.4, 0.5) is 0 Å². The molecule has 1 fully saturated rings. The van der Waals surface area contributed by atoms with Crippen LogP contribution in [0.3, 0.4) is 0 Å². The average Bonchev–Trinajstić information content (AvgIpc) is 3.08. The van der Waals surface area contributed by atoms with E-state index in [1.54, 1.807) is 12.3 Å². The normalized spacial score (nSPS) is 20.5. The summed E-state index contributed by atoms with van der Waals surface area (Å²) in [5.41, 5.74) is 2.06. The van der Waals surface area contributed by atoms with Gasteiger partial charge in [0, 0.05) is 30.4 Å². The lowest BCUT2D eigenvalue weighted by Crippen LogP contribution is -2.40. The molecule has 1 saturated heterocycles. The van der Waals surface area contributed by atoms with Crippen molar-refractivity contribution in [2.24, 2.45) is 0 Å². The Hall–Kier alpha value is -2.57. The number of nitrogens with one attached hydrogen (secondary N) is 1. The molecule has 1 N–H and O–H groups in total. The molecule has 2 unspecified atom stereocenters. The number of ether oxygens (including phenoxy) is 1. The van der Waals surface area contributed by atoms with E-state index in [1.807, 2.05) is 30.5 Å². The van der Waals surface area contributed by atoms with Crippen LogP contribution in [-0.4, -0.2) is 34.0 Å². The van der Waals surface area contributed by atoms with E-state index in [2.05, 4.69) is 21.5 Å². The molecule has 24 heavy (non-hydrogen) atoms. The van der Waals surface area contributed by atoms with Crippen molar-refractivity contribution in [1.29, 1.82) is 0 Å². The fraction of sp³-hybridized carbons (Fsp3) is 0.278. The SMILES string of the molecule is O=c1cccnn1C1COCC1NCc1ccnc2ccccc12. The predicted octanol–water partition coefficient (Wildman–Crippen LogP) is 1.52. The second kappa shape index (κ2) is 6.51. The van der Waals surface area contributed by atoms with Gasteiger partial charge in [-0.2, -0.15) is 5.10 Å². The molecule has 0 aliphatic carbocycles. The van der Waals surface area contributed by atoms with Crippen molar-refractivity contribution in [2.45, 2.75) is 18.6 Å². The zero-order valence-electron chi connectivity index (χ0n) is 13.1. The number of hydrogen-bond acceptors (Lipinski definition) is 5. The van der Waals surface area contributed by atoms with Crippen LogP contribution in [0.2, 0.25) is 0 Å². The molecule has 6 nitrogen and oxygen atoms in total. The van der Waals surface area contributed by atoms with E-state index >= 15 is 0 Å². The molecule has 1 aromatic carbocycles. The number of benzene rings is 1. The Labute approximate surface area is 139 Å². The Morgan fingerprint density at radius 3 is 2.96 bits per heavy atom. The van der Waals surface area contributed by atoms with Gasteiger partial charge in [0.25, 0.3) is 5.56 Å². The van der Waals surface area contributed by atoms with Crippen molar-refractivity contribution in [1.82, 2.24) is 20.1 Å². The Morgan fingerprint density at radius 2 is 2.04 bits per heavy atom. The highest BCUT2D eigenvalue weighted by Crippen LogP contribution is 2.20. The van der Waals surface area contributed by atoms with E-state index in [0.717, 1.165) is 10.9 Å². The third-order valence-electron chi connectivity index (χ3n) is 4.40. The van der Waals surface area contributed by atoms with Gasteiger partial charge in [0.2, 0.25) is 0 Å². The second-order valence-electron chi connectivity index (χ2n) is 5.89. The van der Waals surface area contributed by atoms with Gasteiger partial charge in [-0.05, 0) is 23.8 Å². The lowest BCUT2D eigenvalue weighted by molar-refractivity contribution is 0.180. The minimum Gasteiger partial charge on any atom is -0.377 e. The fourth-order valence-electron chi connectivity index (χ4n) is 3.15. The Kier molecular flexibility index (Phi) is 4.06. The van der Waals surface area contributed by atoms with Gasteiger partial charge in [0.15, 0.2) is 0 Å². The van der Waals surface area contributed by atoms with Gasteiger partial charge in [-0.1, -0.05) is 18.2 Å². The summed E-state index contributed by atoms with van der Waals surface area (Å²) in [6, 6.07) is 13.2. The van der Waals surface area contributed by atoms with Crippen LogP contribution in [0.1, 0.15) is 11.6 Å². The number of rotatable bonds is 4. The standard InChI is InChI=1S/C18H18N4O2/c23-18-6-3-8-21-22(18)17-12-24-11-16(17)20-10-13-7-9-19-15-5-2-1-4-14(13)15/h1-9,16-17,20H,10-12H2. The summed E-state index contributed by atoms with van der Waals surface area (Å²) in [5, 5.41) is 8.84. The summed E-state index contributed by atoms with van der Waals surface area (Å²) >= 11 is 0. The zero-order chi connectivity index (χ0) is 16.4. The second-order valence-corrected chi connectivity index (χ2v) is 5.89. The molecule has 0 spiro atoms. The van der Waals surface area contributed by atoms with Gasteiger partial charge in [-0.3, -0.25) is 9.78 Å². The first-order valence-electron chi connectivity index (χ1n) is 8.00. The molecule has 6 heteroatoms. The molecule has 0 bridgehead atoms. The first-order valence-corrected chi connectivity index (χ1v) is 8.00. The summed E-state index contributed by atoms with van der Waals surface area (Å²) in [6.45, 7) is 1.75. The van der Waals surface area contributed by atoms with Gasteiger partial charge in [0.1, 0.15) is 0 Å². The monoisotopic (exact) mass is 322 g/mol. The predicted molar refractivity (Wildman–Crippen MR) is 90.7 cm³/mol. The van der Waals surface area contributed by atoms with E-state index in [-0.39, 0.29) is 17.6 Å². The van der Waals surface area contributed by atoms with Gasteiger partial charge >= 0.3 is 0 Å². The van der Waals surface area contributed by atoms with E-state index in [1.165, 1.54) is 16.3 Å². The highest BCUT2D eigenvalue weighted by atomic mass is 16.5. The summed E-state index contributed by atoms with van der Waals surface area (Å²) in [4.78, 5) is 16.4. The smallest absolute Gasteiger partial charge is 0.267 e. The van der Waals surface area contributed by atoms with Gasteiger partial charge in [-0.15, -0.1) is 0 Å². The highest BCUT2D eigenvalue weighted by Gasteiger charge is 2.30. The molecule has 2 aromatic heterocycles. The minimum atomic E-state index is -0.103. The van der Waals surface area contributed by atoms with Crippen LogP contribution < -0.4 is 10.9 Å². The topological polar surface area (TPSA) is 69.0 Å². The summed E-state index contributed by atoms with van der Waals surface area (Å²) in [6.07, 6.45) is 3.46. The maximum Gasteiger partial charge on any atom is 0.267 e. The van der Waals surface area contributed by atoms with Gasteiger partial charge < -0.3 is 10.1 Å². The Morgan fingerprint density at radius 1 is 1.12 bits per heavy atom. The number of nitrogens with zero attached hydrogens (tertiary/aromatic N) is 3. The molecule has 0 radical (unpaired) electrons. The summed E-state index contributed by atoms with van der Waals surface area (Å²) in [7, 11) is 0. The Bertz CT molecular complexity index is 903. The summed E-state index contributed by atoms with van der Waals surface area (Å²) < 4.78 is 7.09. The minimum absolute atomic E-state index is 0.0459. The number of aromatic nitrogens is 3. The third-order valence-corrected chi connectivity index (χ3v) is 4.40. The average molecular weight is 322 g/mol. The first-order chi connectivity index (χ1) is 11.8. The van der Waals surface area contributed by atoms with Crippen LogP contribution in [0, 0.1) is 0 Å². The fourth-order valence-corrected chi connectivity index (χ4v) is 3.15. The van der Waals surface area contributed by atoms with E-state index in [4.69, 9.17) is 4.74 Å². The van der Waals surface area contributed by atoms with Crippen LogP contribution in [-0.2, 0) is 11.3 Å². The van der Waals surface area contributed by atoms with Gasteiger partial charge in [-0.25, -0.2) is 4.68 Å². The van der Waals surface area contributed by atoms with Crippen LogP contribution in [0.15, 0.2) is 59.7 Å². The van der Waals surface area contributed by atoms with Crippen LogP contribution in [0.5, 0.6) is 0 Å². The van der Waals surface area contributed by atoms with Gasteiger partial charge in [0.05, 0.1) is 30.8 Å². The highest BCUT2D eigenvalue weighted by molar-refractivity contribution is 5.81. The van der Waals surface area contributed by atoms with Crippen molar-refractivity contribution in [2.75, 3.05) is 13.2 Å².